The number of carboxylic acids is 1. The van der Waals surface area contributed by atoms with Crippen LogP contribution in [0.5, 0.6) is 0 Å². The third-order valence-corrected chi connectivity index (χ3v) is 4.50. The lowest BCUT2D eigenvalue weighted by Gasteiger charge is -2.28. The number of amides is 1. The van der Waals surface area contributed by atoms with Crippen LogP contribution in [0.4, 0.5) is 0 Å². The Labute approximate surface area is 149 Å². The molecular formula is C18H21N3O5. The SMILES string of the molecule is N=C(N)c1ccc2oc(C(=O)N[C@H]3CC[C@H](OCC(=O)O)CC3)cc2c1. The Morgan fingerprint density at radius 3 is 2.65 bits per heavy atom. The van der Waals surface area contributed by atoms with Gasteiger partial charge in [-0.2, -0.15) is 0 Å². The molecule has 0 bridgehead atoms. The fourth-order valence-electron chi connectivity index (χ4n) is 3.14. The quantitative estimate of drug-likeness (QED) is 0.459. The molecule has 1 aromatic carbocycles. The molecule has 138 valence electrons. The third-order valence-electron chi connectivity index (χ3n) is 4.50. The monoisotopic (exact) mass is 359 g/mol. The summed E-state index contributed by atoms with van der Waals surface area (Å²) in [6.45, 7) is -0.289. The van der Waals surface area contributed by atoms with Gasteiger partial charge in [0.1, 0.15) is 18.0 Å². The van der Waals surface area contributed by atoms with Gasteiger partial charge in [-0.15, -0.1) is 0 Å². The molecule has 1 aliphatic rings. The van der Waals surface area contributed by atoms with E-state index in [1.54, 1.807) is 24.3 Å². The van der Waals surface area contributed by atoms with Gasteiger partial charge in [0.25, 0.3) is 5.91 Å². The third kappa shape index (κ3) is 4.20. The molecule has 0 atom stereocenters. The molecular weight excluding hydrogens is 338 g/mol. The van der Waals surface area contributed by atoms with Crippen LogP contribution in [0.15, 0.2) is 28.7 Å². The zero-order chi connectivity index (χ0) is 18.7. The van der Waals surface area contributed by atoms with Gasteiger partial charge in [0, 0.05) is 17.0 Å². The number of carboxylic acid groups (broad SMARTS) is 1. The first-order chi connectivity index (χ1) is 12.4. The van der Waals surface area contributed by atoms with Gasteiger partial charge in [-0.3, -0.25) is 10.2 Å². The highest BCUT2D eigenvalue weighted by Gasteiger charge is 2.24. The van der Waals surface area contributed by atoms with Crippen molar-refractivity contribution in [1.29, 1.82) is 5.41 Å². The number of nitrogen functional groups attached to an aromatic ring is 1. The van der Waals surface area contributed by atoms with Crippen molar-refractivity contribution in [3.05, 3.63) is 35.6 Å². The molecule has 8 heteroatoms. The zero-order valence-electron chi connectivity index (χ0n) is 14.2. The van der Waals surface area contributed by atoms with Gasteiger partial charge in [0.15, 0.2) is 5.76 Å². The van der Waals surface area contributed by atoms with E-state index >= 15 is 0 Å². The number of carbonyl (C=O) groups excluding carboxylic acids is 1. The molecule has 0 radical (unpaired) electrons. The molecule has 2 aromatic rings. The van der Waals surface area contributed by atoms with Gasteiger partial charge >= 0.3 is 5.97 Å². The Morgan fingerprint density at radius 2 is 2.00 bits per heavy atom. The Bertz CT molecular complexity index is 836. The maximum Gasteiger partial charge on any atom is 0.329 e. The van der Waals surface area contributed by atoms with Crippen molar-refractivity contribution in [2.75, 3.05) is 6.61 Å². The van der Waals surface area contributed by atoms with E-state index in [1.165, 1.54) is 0 Å². The highest BCUT2D eigenvalue weighted by Crippen LogP contribution is 2.23. The number of rotatable bonds is 6. The minimum atomic E-state index is -0.974. The predicted molar refractivity (Wildman–Crippen MR) is 94.3 cm³/mol. The number of aliphatic carboxylic acids is 1. The largest absolute Gasteiger partial charge is 0.480 e. The van der Waals surface area contributed by atoms with Crippen molar-refractivity contribution in [2.45, 2.75) is 37.8 Å². The molecule has 0 unspecified atom stereocenters. The maximum absolute atomic E-state index is 12.4. The van der Waals surface area contributed by atoms with Crippen molar-refractivity contribution >= 4 is 28.7 Å². The van der Waals surface area contributed by atoms with Crippen LogP contribution in [0.25, 0.3) is 11.0 Å². The lowest BCUT2D eigenvalue weighted by Crippen LogP contribution is -2.39. The summed E-state index contributed by atoms with van der Waals surface area (Å²) in [5, 5.41) is 19.8. The number of furan rings is 1. The van der Waals surface area contributed by atoms with Gasteiger partial charge in [0.05, 0.1) is 6.10 Å². The van der Waals surface area contributed by atoms with Gasteiger partial charge in [-0.05, 0) is 49.9 Å². The van der Waals surface area contributed by atoms with Crippen LogP contribution in [0.2, 0.25) is 0 Å². The van der Waals surface area contributed by atoms with E-state index in [0.717, 1.165) is 12.8 Å². The zero-order valence-corrected chi connectivity index (χ0v) is 14.2. The summed E-state index contributed by atoms with van der Waals surface area (Å²) < 4.78 is 10.9. The summed E-state index contributed by atoms with van der Waals surface area (Å²) in [7, 11) is 0. The molecule has 1 aliphatic carbocycles. The van der Waals surface area contributed by atoms with E-state index in [9.17, 15) is 9.59 Å². The molecule has 1 saturated carbocycles. The number of ether oxygens (including phenoxy) is 1. The number of hydrogen-bond donors (Lipinski definition) is 4. The first-order valence-electron chi connectivity index (χ1n) is 8.44. The maximum atomic E-state index is 12.4. The molecule has 3 rings (SSSR count). The number of fused-ring (bicyclic) bond motifs is 1. The van der Waals surface area contributed by atoms with Crippen molar-refractivity contribution < 1.29 is 23.8 Å². The summed E-state index contributed by atoms with van der Waals surface area (Å²) in [5.41, 5.74) is 6.61. The van der Waals surface area contributed by atoms with Gasteiger partial charge in [-0.1, -0.05) is 0 Å². The van der Waals surface area contributed by atoms with E-state index in [2.05, 4.69) is 5.32 Å². The van der Waals surface area contributed by atoms with Crippen molar-refractivity contribution in [3.8, 4) is 0 Å². The number of amidine groups is 1. The Balaban J connectivity index is 1.58. The van der Waals surface area contributed by atoms with Crippen LogP contribution in [0.1, 0.15) is 41.8 Å². The number of benzene rings is 1. The average Bonchev–Trinajstić information content (AvgIpc) is 3.04. The molecule has 0 aliphatic heterocycles. The summed E-state index contributed by atoms with van der Waals surface area (Å²) in [4.78, 5) is 22.9. The summed E-state index contributed by atoms with van der Waals surface area (Å²) >= 11 is 0. The van der Waals surface area contributed by atoms with E-state index in [1.807, 2.05) is 0 Å². The van der Waals surface area contributed by atoms with Crippen LogP contribution in [-0.4, -0.2) is 41.6 Å². The molecule has 0 spiro atoms. The fraction of sp³-hybridized carbons (Fsp3) is 0.389. The average molecular weight is 359 g/mol. The van der Waals surface area contributed by atoms with Crippen LogP contribution in [-0.2, 0) is 9.53 Å². The second-order valence-corrected chi connectivity index (χ2v) is 6.43. The fourth-order valence-corrected chi connectivity index (χ4v) is 3.14. The van der Waals surface area contributed by atoms with Crippen molar-refractivity contribution in [1.82, 2.24) is 5.32 Å². The smallest absolute Gasteiger partial charge is 0.329 e. The molecule has 26 heavy (non-hydrogen) atoms. The highest BCUT2D eigenvalue weighted by atomic mass is 16.5. The Kier molecular flexibility index (Phi) is 5.22. The summed E-state index contributed by atoms with van der Waals surface area (Å²) in [6, 6.07) is 6.72. The number of hydrogen-bond acceptors (Lipinski definition) is 5. The standard InChI is InChI=1S/C18H21N3O5/c19-17(20)10-1-6-14-11(7-10)8-15(26-14)18(24)21-12-2-4-13(5-3-12)25-9-16(22)23/h1,6-8,12-13H,2-5,9H2,(H3,19,20)(H,21,24)(H,22,23)/t12-,13-. The predicted octanol–water partition coefficient (Wildman–Crippen LogP) is 1.86. The van der Waals surface area contributed by atoms with Gasteiger partial charge in [-0.25, -0.2) is 4.79 Å². The second-order valence-electron chi connectivity index (χ2n) is 6.43. The Hall–Kier alpha value is -2.87. The normalized spacial score (nSPS) is 20.0. The van der Waals surface area contributed by atoms with Crippen molar-refractivity contribution in [2.24, 2.45) is 5.73 Å². The lowest BCUT2D eigenvalue weighted by molar-refractivity contribution is -0.145. The van der Waals surface area contributed by atoms with E-state index < -0.39 is 5.97 Å². The molecule has 1 amide bonds. The first-order valence-corrected chi connectivity index (χ1v) is 8.44. The van der Waals surface area contributed by atoms with Crippen LogP contribution < -0.4 is 11.1 Å². The van der Waals surface area contributed by atoms with E-state index in [0.29, 0.717) is 29.4 Å². The molecule has 1 aromatic heterocycles. The molecule has 5 N–H and O–H groups in total. The molecule has 1 heterocycles. The minimum Gasteiger partial charge on any atom is -0.480 e. The van der Waals surface area contributed by atoms with Crippen LogP contribution in [0.3, 0.4) is 0 Å². The highest BCUT2D eigenvalue weighted by molar-refractivity contribution is 6.00. The topological polar surface area (TPSA) is 139 Å². The van der Waals surface area contributed by atoms with Gasteiger partial charge in [0.2, 0.25) is 0 Å². The van der Waals surface area contributed by atoms with Crippen LogP contribution >= 0.6 is 0 Å². The van der Waals surface area contributed by atoms with Crippen molar-refractivity contribution in [3.63, 3.8) is 0 Å². The number of carbonyl (C=O) groups is 2. The van der Waals surface area contributed by atoms with Gasteiger partial charge < -0.3 is 25.3 Å². The summed E-state index contributed by atoms with van der Waals surface area (Å²) in [5.74, 6) is -1.09. The Morgan fingerprint density at radius 1 is 1.27 bits per heavy atom. The molecule has 1 fully saturated rings. The van der Waals surface area contributed by atoms with E-state index in [4.69, 9.17) is 25.4 Å². The summed E-state index contributed by atoms with van der Waals surface area (Å²) in [6.07, 6.45) is 2.80. The molecule has 8 nitrogen and oxygen atoms in total. The number of nitrogens with one attached hydrogen (secondary N) is 2. The minimum absolute atomic E-state index is 0.00757. The second kappa shape index (κ2) is 7.57. The first kappa shape index (κ1) is 17.9. The van der Waals surface area contributed by atoms with Crippen LogP contribution in [0, 0.1) is 5.41 Å². The molecule has 0 saturated heterocycles. The van der Waals surface area contributed by atoms with E-state index in [-0.39, 0.29) is 36.3 Å². The lowest BCUT2D eigenvalue weighted by atomic mass is 9.93. The number of nitrogens with two attached hydrogens (primary N) is 1.